The lowest BCUT2D eigenvalue weighted by Gasteiger charge is -2.16. The first-order valence-corrected chi connectivity index (χ1v) is 21.2. The molecule has 9 aromatic carbocycles. The summed E-state index contributed by atoms with van der Waals surface area (Å²) >= 11 is 0. The summed E-state index contributed by atoms with van der Waals surface area (Å²) in [5, 5.41) is 7.01. The van der Waals surface area contributed by atoms with Crippen LogP contribution in [0.15, 0.2) is 217 Å². The predicted octanol–water partition coefficient (Wildman–Crippen LogP) is 14.6. The maximum Gasteiger partial charge on any atom is 0.164 e. The van der Waals surface area contributed by atoms with Crippen molar-refractivity contribution in [2.24, 2.45) is 0 Å². The molecule has 0 aliphatic heterocycles. The summed E-state index contributed by atoms with van der Waals surface area (Å²) < 4.78 is 11.0. The monoisotopic (exact) mass is 805 g/mol. The second-order valence-corrected chi connectivity index (χ2v) is 16.0. The van der Waals surface area contributed by atoms with Crippen molar-refractivity contribution in [1.82, 2.24) is 24.1 Å². The summed E-state index contributed by atoms with van der Waals surface area (Å²) in [6.45, 7) is 0. The molecule has 0 aliphatic carbocycles. The molecule has 6 heteroatoms. The van der Waals surface area contributed by atoms with E-state index in [0.717, 1.165) is 83.2 Å². The molecule has 0 saturated heterocycles. The zero-order chi connectivity index (χ0) is 41.4. The van der Waals surface area contributed by atoms with Crippen LogP contribution in [0.1, 0.15) is 0 Å². The van der Waals surface area contributed by atoms with Gasteiger partial charge in [-0.1, -0.05) is 158 Å². The van der Waals surface area contributed by atoms with Gasteiger partial charge in [0, 0.05) is 60.4 Å². The molecule has 0 aliphatic rings. The molecule has 0 radical (unpaired) electrons. The molecule has 0 fully saturated rings. The molecule has 63 heavy (non-hydrogen) atoms. The number of hydrogen-bond donors (Lipinski definition) is 0. The van der Waals surface area contributed by atoms with E-state index < -0.39 is 0 Å². The predicted molar refractivity (Wildman–Crippen MR) is 258 cm³/mol. The SMILES string of the molecule is c1ccc(-c2nc(-c3ccc(-c4cccc5oc6ccccc6c45)cc3)nc(-c3cc(-n4c5ccccc5c5ccccc54)cc(-n4c5ccccc5c5ccccc54)c3)n2)cc1. The van der Waals surface area contributed by atoms with Crippen LogP contribution in [0.2, 0.25) is 0 Å². The van der Waals surface area contributed by atoms with Gasteiger partial charge >= 0.3 is 0 Å². The Labute approximate surface area is 361 Å². The number of para-hydroxylation sites is 5. The first kappa shape index (κ1) is 35.2. The van der Waals surface area contributed by atoms with Gasteiger partial charge in [0.2, 0.25) is 0 Å². The van der Waals surface area contributed by atoms with Crippen molar-refractivity contribution in [2.45, 2.75) is 0 Å². The maximum absolute atomic E-state index is 6.24. The standard InChI is InChI=1S/C57H35N5O/c1-2-15-37(16-3-1)55-58-56(38-31-29-36(30-32-38)42-22-14-28-53-54(42)47-21-8-13-27-52(47)63-53)60-57(59-55)39-33-40(61-48-23-9-4-17-43(48)44-18-5-10-24-49(44)61)35-41(34-39)62-50-25-11-6-19-45(50)46-20-7-12-26-51(46)62/h1-35H. The van der Waals surface area contributed by atoms with Gasteiger partial charge in [0.05, 0.1) is 22.1 Å². The molecule has 6 nitrogen and oxygen atoms in total. The topological polar surface area (TPSA) is 61.7 Å². The van der Waals surface area contributed by atoms with Crippen molar-refractivity contribution in [2.75, 3.05) is 0 Å². The van der Waals surface area contributed by atoms with Crippen molar-refractivity contribution < 1.29 is 4.42 Å². The van der Waals surface area contributed by atoms with Crippen LogP contribution < -0.4 is 0 Å². The second-order valence-electron chi connectivity index (χ2n) is 16.0. The largest absolute Gasteiger partial charge is 0.456 e. The lowest BCUT2D eigenvalue weighted by Crippen LogP contribution is -2.03. The Morgan fingerprint density at radius 3 is 1.25 bits per heavy atom. The van der Waals surface area contributed by atoms with E-state index in [0.29, 0.717) is 17.5 Å². The van der Waals surface area contributed by atoms with Crippen LogP contribution >= 0.6 is 0 Å². The third-order valence-corrected chi connectivity index (χ3v) is 12.4. The summed E-state index contributed by atoms with van der Waals surface area (Å²) in [6, 6.07) is 74.5. The van der Waals surface area contributed by atoms with E-state index in [1.165, 1.54) is 21.5 Å². The summed E-state index contributed by atoms with van der Waals surface area (Å²) in [5.41, 5.74) is 13.2. The smallest absolute Gasteiger partial charge is 0.164 e. The van der Waals surface area contributed by atoms with Crippen LogP contribution in [0.25, 0.3) is 122 Å². The van der Waals surface area contributed by atoms with E-state index in [-0.39, 0.29) is 0 Å². The number of benzene rings is 9. The molecule has 13 rings (SSSR count). The minimum atomic E-state index is 0.585. The highest BCUT2D eigenvalue weighted by molar-refractivity contribution is 6.13. The molecule has 0 spiro atoms. The van der Waals surface area contributed by atoms with E-state index in [4.69, 9.17) is 19.4 Å². The zero-order valence-corrected chi connectivity index (χ0v) is 33.9. The number of hydrogen-bond acceptors (Lipinski definition) is 4. The van der Waals surface area contributed by atoms with Gasteiger partial charge in [-0.2, -0.15) is 0 Å². The fourth-order valence-electron chi connectivity index (χ4n) is 9.55. The number of rotatable bonds is 6. The Morgan fingerprint density at radius 2 is 0.714 bits per heavy atom. The van der Waals surface area contributed by atoms with Gasteiger partial charge in [-0.15, -0.1) is 0 Å². The van der Waals surface area contributed by atoms with Gasteiger partial charge < -0.3 is 13.6 Å². The average molecular weight is 806 g/mol. The molecule has 0 saturated carbocycles. The van der Waals surface area contributed by atoms with Crippen molar-refractivity contribution in [1.29, 1.82) is 0 Å². The highest BCUT2D eigenvalue weighted by Crippen LogP contribution is 2.40. The lowest BCUT2D eigenvalue weighted by atomic mass is 9.98. The Morgan fingerprint density at radius 1 is 0.302 bits per heavy atom. The van der Waals surface area contributed by atoms with Crippen LogP contribution in [0.5, 0.6) is 0 Å². The molecule has 0 amide bonds. The van der Waals surface area contributed by atoms with E-state index in [2.05, 4.69) is 185 Å². The number of aromatic nitrogens is 5. The first-order chi connectivity index (χ1) is 31.2. The quantitative estimate of drug-likeness (QED) is 0.168. The Balaban J connectivity index is 1.04. The van der Waals surface area contributed by atoms with E-state index in [1.54, 1.807) is 0 Å². The van der Waals surface area contributed by atoms with Gasteiger partial charge in [0.1, 0.15) is 11.2 Å². The van der Waals surface area contributed by atoms with Crippen molar-refractivity contribution >= 4 is 65.6 Å². The van der Waals surface area contributed by atoms with Gasteiger partial charge in [-0.25, -0.2) is 15.0 Å². The molecule has 0 N–H and O–H groups in total. The first-order valence-electron chi connectivity index (χ1n) is 21.2. The van der Waals surface area contributed by atoms with E-state index in [9.17, 15) is 0 Å². The zero-order valence-electron chi connectivity index (χ0n) is 33.9. The minimum absolute atomic E-state index is 0.585. The maximum atomic E-state index is 6.24. The summed E-state index contributed by atoms with van der Waals surface area (Å²) in [7, 11) is 0. The van der Waals surface area contributed by atoms with Crippen LogP contribution in [0.4, 0.5) is 0 Å². The fourth-order valence-corrected chi connectivity index (χ4v) is 9.55. The van der Waals surface area contributed by atoms with Crippen LogP contribution in [-0.4, -0.2) is 24.1 Å². The highest BCUT2D eigenvalue weighted by atomic mass is 16.3. The number of fused-ring (bicyclic) bond motifs is 9. The Hall–Kier alpha value is -8.61. The van der Waals surface area contributed by atoms with Crippen molar-refractivity contribution in [3.63, 3.8) is 0 Å². The van der Waals surface area contributed by atoms with Gasteiger partial charge in [0.25, 0.3) is 0 Å². The highest BCUT2D eigenvalue weighted by Gasteiger charge is 2.20. The molecular weight excluding hydrogens is 771 g/mol. The molecule has 0 unspecified atom stereocenters. The normalized spacial score (nSPS) is 11.8. The second kappa shape index (κ2) is 14.0. The van der Waals surface area contributed by atoms with Gasteiger partial charge in [-0.05, 0) is 65.7 Å². The molecule has 0 bridgehead atoms. The molecular formula is C57H35N5O. The fraction of sp³-hybridized carbons (Fsp3) is 0. The number of nitrogens with zero attached hydrogens (tertiary/aromatic N) is 5. The Bertz CT molecular complexity index is 3680. The van der Waals surface area contributed by atoms with Crippen molar-refractivity contribution in [3.05, 3.63) is 212 Å². The van der Waals surface area contributed by atoms with Crippen LogP contribution in [-0.2, 0) is 0 Å². The van der Waals surface area contributed by atoms with Crippen LogP contribution in [0, 0.1) is 0 Å². The average Bonchev–Trinajstić information content (AvgIpc) is 4.02. The van der Waals surface area contributed by atoms with Gasteiger partial charge in [-0.3, -0.25) is 0 Å². The van der Waals surface area contributed by atoms with Crippen molar-refractivity contribution in [3.8, 4) is 56.7 Å². The molecule has 294 valence electrons. The molecule has 4 aromatic heterocycles. The summed E-state index contributed by atoms with van der Waals surface area (Å²) in [6.07, 6.45) is 0. The van der Waals surface area contributed by atoms with Crippen LogP contribution in [0.3, 0.4) is 0 Å². The third kappa shape index (κ3) is 5.62. The van der Waals surface area contributed by atoms with Gasteiger partial charge in [0.15, 0.2) is 17.5 Å². The summed E-state index contributed by atoms with van der Waals surface area (Å²) in [4.78, 5) is 15.7. The van der Waals surface area contributed by atoms with E-state index >= 15 is 0 Å². The summed E-state index contributed by atoms with van der Waals surface area (Å²) in [5.74, 6) is 1.79. The Kier molecular flexibility index (Phi) is 7.80. The molecule has 4 heterocycles. The third-order valence-electron chi connectivity index (χ3n) is 12.4. The van der Waals surface area contributed by atoms with E-state index in [1.807, 2.05) is 36.4 Å². The number of furan rings is 1. The molecule has 0 atom stereocenters. The molecule has 13 aromatic rings. The lowest BCUT2D eigenvalue weighted by molar-refractivity contribution is 0.669. The minimum Gasteiger partial charge on any atom is -0.456 e.